The number of halogens is 2. The third-order valence-corrected chi connectivity index (χ3v) is 2.89. The SMILES string of the molecule is CC(C)(C)OC(=O)N(Cc1cccc(F)c1)c1cncc(Cl)n1. The van der Waals surface area contributed by atoms with Crippen molar-refractivity contribution in [1.29, 1.82) is 0 Å². The Morgan fingerprint density at radius 3 is 2.70 bits per heavy atom. The number of hydrogen-bond donors (Lipinski definition) is 0. The van der Waals surface area contributed by atoms with E-state index < -0.39 is 11.7 Å². The first-order valence-corrected chi connectivity index (χ1v) is 7.35. The van der Waals surface area contributed by atoms with Gasteiger partial charge in [0.2, 0.25) is 0 Å². The Morgan fingerprint density at radius 1 is 1.35 bits per heavy atom. The molecule has 0 aliphatic heterocycles. The third kappa shape index (κ3) is 5.17. The van der Waals surface area contributed by atoms with Crippen LogP contribution in [0.4, 0.5) is 15.0 Å². The van der Waals surface area contributed by atoms with E-state index in [9.17, 15) is 9.18 Å². The van der Waals surface area contributed by atoms with Gasteiger partial charge in [-0.3, -0.25) is 9.88 Å². The highest BCUT2D eigenvalue weighted by atomic mass is 35.5. The molecule has 1 amide bonds. The summed E-state index contributed by atoms with van der Waals surface area (Å²) in [5, 5.41) is 0.148. The Balaban J connectivity index is 2.33. The van der Waals surface area contributed by atoms with Crippen molar-refractivity contribution in [1.82, 2.24) is 9.97 Å². The molecular weight excluding hydrogens is 321 g/mol. The first-order chi connectivity index (χ1) is 10.7. The second-order valence-corrected chi connectivity index (χ2v) is 6.28. The molecule has 5 nitrogen and oxygen atoms in total. The van der Waals surface area contributed by atoms with Gasteiger partial charge < -0.3 is 4.74 Å². The number of benzene rings is 1. The highest BCUT2D eigenvalue weighted by Gasteiger charge is 2.25. The lowest BCUT2D eigenvalue weighted by Gasteiger charge is -2.26. The normalized spacial score (nSPS) is 11.2. The van der Waals surface area contributed by atoms with E-state index in [2.05, 4.69) is 9.97 Å². The molecule has 0 bridgehead atoms. The van der Waals surface area contributed by atoms with Crippen LogP contribution in [0.2, 0.25) is 5.15 Å². The summed E-state index contributed by atoms with van der Waals surface area (Å²) in [6.45, 7) is 5.36. The van der Waals surface area contributed by atoms with Gasteiger partial charge >= 0.3 is 6.09 Å². The molecule has 1 aromatic carbocycles. The van der Waals surface area contributed by atoms with Crippen molar-refractivity contribution in [2.24, 2.45) is 0 Å². The second-order valence-electron chi connectivity index (χ2n) is 5.90. The molecule has 7 heteroatoms. The number of ether oxygens (including phenoxy) is 1. The average molecular weight is 338 g/mol. The Bertz CT molecular complexity index is 704. The molecule has 0 fully saturated rings. The van der Waals surface area contributed by atoms with Gasteiger partial charge in [-0.1, -0.05) is 23.7 Å². The highest BCUT2D eigenvalue weighted by molar-refractivity contribution is 6.29. The standard InChI is InChI=1S/C16H17ClFN3O2/c1-16(2,3)23-15(22)21(14-9-19-8-13(17)20-14)10-11-5-4-6-12(18)7-11/h4-9H,10H2,1-3H3. The molecule has 0 saturated carbocycles. The predicted octanol–water partition coefficient (Wildman–Crippen LogP) is 4.21. The zero-order valence-electron chi connectivity index (χ0n) is 13.1. The Labute approximate surface area is 139 Å². The van der Waals surface area contributed by atoms with Crippen LogP contribution in [0.25, 0.3) is 0 Å². The van der Waals surface area contributed by atoms with E-state index in [0.717, 1.165) is 0 Å². The number of nitrogens with zero attached hydrogens (tertiary/aromatic N) is 3. The topological polar surface area (TPSA) is 55.3 Å². The van der Waals surface area contributed by atoms with Crippen molar-refractivity contribution in [3.8, 4) is 0 Å². The van der Waals surface area contributed by atoms with Crippen LogP contribution in [0.5, 0.6) is 0 Å². The Kier molecular flexibility index (Phi) is 5.15. The lowest BCUT2D eigenvalue weighted by atomic mass is 10.2. The zero-order valence-corrected chi connectivity index (χ0v) is 13.8. The van der Waals surface area contributed by atoms with Gasteiger partial charge in [0, 0.05) is 0 Å². The smallest absolute Gasteiger partial charge is 0.416 e. The molecule has 2 rings (SSSR count). The number of anilines is 1. The molecule has 0 radical (unpaired) electrons. The molecule has 122 valence electrons. The summed E-state index contributed by atoms with van der Waals surface area (Å²) in [7, 11) is 0. The van der Waals surface area contributed by atoms with Crippen molar-refractivity contribution in [2.75, 3.05) is 4.90 Å². The summed E-state index contributed by atoms with van der Waals surface area (Å²) in [5.74, 6) is -0.153. The van der Waals surface area contributed by atoms with Gasteiger partial charge in [0.15, 0.2) is 5.82 Å². The monoisotopic (exact) mass is 337 g/mol. The summed E-state index contributed by atoms with van der Waals surface area (Å²) >= 11 is 5.84. The quantitative estimate of drug-likeness (QED) is 0.841. The van der Waals surface area contributed by atoms with Crippen molar-refractivity contribution >= 4 is 23.5 Å². The summed E-state index contributed by atoms with van der Waals surface area (Å²) in [4.78, 5) is 21.7. The largest absolute Gasteiger partial charge is 0.443 e. The molecule has 0 unspecified atom stereocenters. The minimum Gasteiger partial charge on any atom is -0.443 e. The molecule has 0 aliphatic carbocycles. The average Bonchev–Trinajstić information content (AvgIpc) is 2.43. The minimum absolute atomic E-state index is 0.0850. The van der Waals surface area contributed by atoms with Crippen molar-refractivity contribution in [3.05, 3.63) is 53.2 Å². The van der Waals surface area contributed by atoms with E-state index in [1.54, 1.807) is 32.9 Å². The number of carbonyl (C=O) groups is 1. The molecule has 1 aromatic heterocycles. The van der Waals surface area contributed by atoms with Crippen LogP contribution in [-0.4, -0.2) is 21.7 Å². The molecule has 1 heterocycles. The first-order valence-electron chi connectivity index (χ1n) is 6.97. The van der Waals surface area contributed by atoms with Gasteiger partial charge in [-0.15, -0.1) is 0 Å². The van der Waals surface area contributed by atoms with Gasteiger partial charge in [0.1, 0.15) is 16.6 Å². The Hall–Kier alpha value is -2.21. The maximum atomic E-state index is 13.4. The van der Waals surface area contributed by atoms with E-state index in [1.165, 1.54) is 29.4 Å². The molecule has 23 heavy (non-hydrogen) atoms. The predicted molar refractivity (Wildman–Crippen MR) is 85.9 cm³/mol. The van der Waals surface area contributed by atoms with Crippen LogP contribution >= 0.6 is 11.6 Å². The van der Waals surface area contributed by atoms with Gasteiger partial charge in [-0.25, -0.2) is 14.2 Å². The number of aromatic nitrogens is 2. The highest BCUT2D eigenvalue weighted by Crippen LogP contribution is 2.20. The van der Waals surface area contributed by atoms with Gasteiger partial charge in [0.05, 0.1) is 18.9 Å². The van der Waals surface area contributed by atoms with E-state index in [0.29, 0.717) is 5.56 Å². The molecule has 0 aliphatic rings. The fourth-order valence-corrected chi connectivity index (χ4v) is 1.98. The van der Waals surface area contributed by atoms with Gasteiger partial charge in [-0.2, -0.15) is 0 Å². The number of amides is 1. The Morgan fingerprint density at radius 2 is 2.09 bits per heavy atom. The second kappa shape index (κ2) is 6.91. The van der Waals surface area contributed by atoms with Crippen molar-refractivity contribution < 1.29 is 13.9 Å². The number of rotatable bonds is 3. The summed E-state index contributed by atoms with van der Waals surface area (Å²) in [5.41, 5.74) is -0.0823. The fraction of sp³-hybridized carbons (Fsp3) is 0.312. The lowest BCUT2D eigenvalue weighted by molar-refractivity contribution is 0.0576. The summed E-state index contributed by atoms with van der Waals surface area (Å²) < 4.78 is 18.8. The zero-order chi connectivity index (χ0) is 17.0. The van der Waals surface area contributed by atoms with Gasteiger partial charge in [-0.05, 0) is 38.5 Å². The first kappa shape index (κ1) is 17.1. The van der Waals surface area contributed by atoms with Gasteiger partial charge in [0.25, 0.3) is 0 Å². The van der Waals surface area contributed by atoms with Crippen LogP contribution in [0.15, 0.2) is 36.7 Å². The van der Waals surface area contributed by atoms with Crippen LogP contribution in [0.3, 0.4) is 0 Å². The lowest BCUT2D eigenvalue weighted by Crippen LogP contribution is -2.37. The van der Waals surface area contributed by atoms with Crippen LogP contribution < -0.4 is 4.90 Å². The number of carbonyl (C=O) groups excluding carboxylic acids is 1. The maximum Gasteiger partial charge on any atom is 0.416 e. The van der Waals surface area contributed by atoms with E-state index in [1.807, 2.05) is 0 Å². The number of hydrogen-bond acceptors (Lipinski definition) is 4. The molecular formula is C16H17ClFN3O2. The molecule has 0 saturated heterocycles. The summed E-state index contributed by atoms with van der Waals surface area (Å²) in [6.07, 6.45) is 2.15. The fourth-order valence-electron chi connectivity index (χ4n) is 1.84. The molecule has 2 aromatic rings. The molecule has 0 atom stereocenters. The van der Waals surface area contributed by atoms with Crippen LogP contribution in [0, 0.1) is 5.82 Å². The molecule has 0 N–H and O–H groups in total. The van der Waals surface area contributed by atoms with Crippen molar-refractivity contribution in [3.63, 3.8) is 0 Å². The van der Waals surface area contributed by atoms with Crippen LogP contribution in [0.1, 0.15) is 26.3 Å². The summed E-state index contributed by atoms with van der Waals surface area (Å²) in [6, 6.07) is 5.95. The van der Waals surface area contributed by atoms with Crippen molar-refractivity contribution in [2.45, 2.75) is 32.9 Å². The van der Waals surface area contributed by atoms with Crippen LogP contribution in [-0.2, 0) is 11.3 Å². The third-order valence-electron chi connectivity index (χ3n) is 2.71. The molecule has 0 spiro atoms. The van der Waals surface area contributed by atoms with E-state index in [4.69, 9.17) is 16.3 Å². The maximum absolute atomic E-state index is 13.4. The minimum atomic E-state index is -0.677. The van der Waals surface area contributed by atoms with E-state index in [-0.39, 0.29) is 23.3 Å². The van der Waals surface area contributed by atoms with E-state index >= 15 is 0 Å².